The lowest BCUT2D eigenvalue weighted by Crippen LogP contribution is -2.26. The maximum absolute atomic E-state index is 13.0. The van der Waals surface area contributed by atoms with E-state index in [0.717, 1.165) is 11.3 Å². The number of nitrogens with zero attached hydrogens (tertiary/aromatic N) is 6. The standard InChI is InChI=1S/C18H16FN7O/c19-14-5-3-13(4-6-14)15-7-12-25(23-15)10-1-8-20-17(27)16-22-18-21-9-2-11-26(18)24-16/h2-7,9,11-12H,1,8,10H2,(H,20,27). The third kappa shape index (κ3) is 3.81. The molecule has 0 saturated carbocycles. The van der Waals surface area contributed by atoms with Crippen LogP contribution in [0.1, 0.15) is 17.0 Å². The Balaban J connectivity index is 1.28. The molecule has 3 heterocycles. The molecule has 0 saturated heterocycles. The van der Waals surface area contributed by atoms with Crippen molar-refractivity contribution in [1.29, 1.82) is 0 Å². The number of rotatable bonds is 6. The summed E-state index contributed by atoms with van der Waals surface area (Å²) in [5.74, 6) is -0.142. The number of fused-ring (bicyclic) bond motifs is 1. The van der Waals surface area contributed by atoms with Crippen LogP contribution in [0.3, 0.4) is 0 Å². The minimum absolute atomic E-state index is 0.0892. The van der Waals surface area contributed by atoms with E-state index in [1.54, 1.807) is 35.3 Å². The first-order valence-corrected chi connectivity index (χ1v) is 8.44. The fourth-order valence-electron chi connectivity index (χ4n) is 2.61. The van der Waals surface area contributed by atoms with Gasteiger partial charge in [0.1, 0.15) is 5.82 Å². The smallest absolute Gasteiger partial charge is 0.291 e. The third-order valence-electron chi connectivity index (χ3n) is 3.95. The highest BCUT2D eigenvalue weighted by Gasteiger charge is 2.12. The third-order valence-corrected chi connectivity index (χ3v) is 3.95. The summed E-state index contributed by atoms with van der Waals surface area (Å²) < 4.78 is 16.2. The average molecular weight is 365 g/mol. The Bertz CT molecular complexity index is 1040. The minimum Gasteiger partial charge on any atom is -0.349 e. The number of carbonyl (C=O) groups is 1. The zero-order valence-electron chi connectivity index (χ0n) is 14.3. The zero-order chi connectivity index (χ0) is 18.6. The second-order valence-electron chi connectivity index (χ2n) is 5.88. The number of carbonyl (C=O) groups excluding carboxylic acids is 1. The van der Waals surface area contributed by atoms with Crippen molar-refractivity contribution in [2.24, 2.45) is 0 Å². The number of halogens is 1. The molecule has 9 heteroatoms. The van der Waals surface area contributed by atoms with Crippen LogP contribution < -0.4 is 5.32 Å². The largest absolute Gasteiger partial charge is 0.349 e. The maximum atomic E-state index is 13.0. The quantitative estimate of drug-likeness (QED) is 0.528. The van der Waals surface area contributed by atoms with E-state index in [1.807, 2.05) is 12.3 Å². The van der Waals surface area contributed by atoms with E-state index in [2.05, 4.69) is 25.5 Å². The highest BCUT2D eigenvalue weighted by Crippen LogP contribution is 2.17. The first-order valence-electron chi connectivity index (χ1n) is 8.44. The van der Waals surface area contributed by atoms with E-state index in [0.29, 0.717) is 25.3 Å². The van der Waals surface area contributed by atoms with Crippen LogP contribution in [0.25, 0.3) is 17.0 Å². The van der Waals surface area contributed by atoms with Crippen molar-refractivity contribution in [2.45, 2.75) is 13.0 Å². The molecule has 4 rings (SSSR count). The van der Waals surface area contributed by atoms with Gasteiger partial charge in [-0.2, -0.15) is 10.1 Å². The van der Waals surface area contributed by atoms with Crippen LogP contribution in [-0.4, -0.2) is 41.8 Å². The number of benzene rings is 1. The molecular weight excluding hydrogens is 349 g/mol. The van der Waals surface area contributed by atoms with Gasteiger partial charge in [-0.05, 0) is 42.8 Å². The Morgan fingerprint density at radius 1 is 1.11 bits per heavy atom. The Hall–Kier alpha value is -3.62. The molecule has 0 atom stereocenters. The summed E-state index contributed by atoms with van der Waals surface area (Å²) in [6.45, 7) is 1.11. The van der Waals surface area contributed by atoms with Gasteiger partial charge < -0.3 is 5.32 Å². The molecule has 0 bridgehead atoms. The molecule has 8 nitrogen and oxygen atoms in total. The molecule has 1 N–H and O–H groups in total. The monoisotopic (exact) mass is 365 g/mol. The first-order chi connectivity index (χ1) is 13.2. The van der Waals surface area contributed by atoms with E-state index in [9.17, 15) is 9.18 Å². The number of hydrogen-bond donors (Lipinski definition) is 1. The van der Waals surface area contributed by atoms with Crippen molar-refractivity contribution in [1.82, 2.24) is 34.7 Å². The highest BCUT2D eigenvalue weighted by atomic mass is 19.1. The maximum Gasteiger partial charge on any atom is 0.291 e. The molecule has 1 amide bonds. The van der Waals surface area contributed by atoms with E-state index in [4.69, 9.17) is 0 Å². The molecule has 0 aliphatic heterocycles. The Morgan fingerprint density at radius 2 is 1.96 bits per heavy atom. The number of amides is 1. The number of aromatic nitrogens is 6. The second-order valence-corrected chi connectivity index (χ2v) is 5.88. The number of hydrogen-bond acceptors (Lipinski definition) is 5. The molecule has 136 valence electrons. The Kier molecular flexibility index (Phi) is 4.56. The molecule has 0 unspecified atom stereocenters. The molecule has 0 radical (unpaired) electrons. The van der Waals surface area contributed by atoms with E-state index in [1.165, 1.54) is 16.6 Å². The average Bonchev–Trinajstić information content (AvgIpc) is 3.32. The fraction of sp³-hybridized carbons (Fsp3) is 0.167. The molecule has 0 spiro atoms. The molecule has 0 aliphatic carbocycles. The van der Waals surface area contributed by atoms with Crippen LogP contribution >= 0.6 is 0 Å². The van der Waals surface area contributed by atoms with Crippen LogP contribution in [0, 0.1) is 5.82 Å². The van der Waals surface area contributed by atoms with Crippen molar-refractivity contribution in [3.05, 3.63) is 66.6 Å². The first kappa shape index (κ1) is 16.8. The summed E-state index contributed by atoms with van der Waals surface area (Å²) in [6.07, 6.45) is 5.83. The van der Waals surface area contributed by atoms with Gasteiger partial charge in [-0.25, -0.2) is 13.9 Å². The summed E-state index contributed by atoms with van der Waals surface area (Å²) in [5.41, 5.74) is 1.63. The predicted octanol–water partition coefficient (Wildman–Crippen LogP) is 1.95. The van der Waals surface area contributed by atoms with Crippen molar-refractivity contribution < 1.29 is 9.18 Å². The van der Waals surface area contributed by atoms with Crippen molar-refractivity contribution in [2.75, 3.05) is 6.54 Å². The lowest BCUT2D eigenvalue weighted by Gasteiger charge is -2.03. The lowest BCUT2D eigenvalue weighted by molar-refractivity contribution is 0.0942. The molecule has 1 aromatic carbocycles. The molecule has 3 aromatic heterocycles. The second kappa shape index (κ2) is 7.32. The van der Waals surface area contributed by atoms with Gasteiger partial charge in [0.2, 0.25) is 5.82 Å². The highest BCUT2D eigenvalue weighted by molar-refractivity contribution is 5.90. The molecule has 0 aliphatic rings. The van der Waals surface area contributed by atoms with Crippen molar-refractivity contribution in [3.63, 3.8) is 0 Å². The predicted molar refractivity (Wildman–Crippen MR) is 95.4 cm³/mol. The van der Waals surface area contributed by atoms with Gasteiger partial charge in [0, 0.05) is 37.2 Å². The van der Waals surface area contributed by atoms with E-state index in [-0.39, 0.29) is 17.5 Å². The lowest BCUT2D eigenvalue weighted by atomic mass is 10.1. The minimum atomic E-state index is -0.340. The van der Waals surface area contributed by atoms with Crippen molar-refractivity contribution >= 4 is 11.7 Å². The normalized spacial score (nSPS) is 11.0. The van der Waals surface area contributed by atoms with Crippen LogP contribution in [0.2, 0.25) is 0 Å². The van der Waals surface area contributed by atoms with Crippen molar-refractivity contribution in [3.8, 4) is 11.3 Å². The molecule has 0 fully saturated rings. The summed E-state index contributed by atoms with van der Waals surface area (Å²) in [5, 5.41) is 11.3. The zero-order valence-corrected chi connectivity index (χ0v) is 14.3. The Morgan fingerprint density at radius 3 is 2.78 bits per heavy atom. The topological polar surface area (TPSA) is 90.0 Å². The van der Waals surface area contributed by atoms with Gasteiger partial charge in [0.05, 0.1) is 5.69 Å². The summed E-state index contributed by atoms with van der Waals surface area (Å²) in [6, 6.07) is 9.80. The summed E-state index contributed by atoms with van der Waals surface area (Å²) >= 11 is 0. The van der Waals surface area contributed by atoms with Crippen LogP contribution in [0.15, 0.2) is 55.0 Å². The summed E-state index contributed by atoms with van der Waals surface area (Å²) in [7, 11) is 0. The molecule has 27 heavy (non-hydrogen) atoms. The fourth-order valence-corrected chi connectivity index (χ4v) is 2.61. The van der Waals surface area contributed by atoms with Gasteiger partial charge in [-0.1, -0.05) is 0 Å². The summed E-state index contributed by atoms with van der Waals surface area (Å²) in [4.78, 5) is 20.2. The SMILES string of the molecule is O=C(NCCCn1ccc(-c2ccc(F)cc2)n1)c1nc2ncccn2n1. The Labute approximate surface area is 153 Å². The van der Waals surface area contributed by atoms with Gasteiger partial charge in [0.15, 0.2) is 0 Å². The number of aryl methyl sites for hydroxylation is 1. The van der Waals surface area contributed by atoms with Gasteiger partial charge >= 0.3 is 0 Å². The van der Waals surface area contributed by atoms with Gasteiger partial charge in [0.25, 0.3) is 11.7 Å². The molecular formula is C18H16FN7O. The van der Waals surface area contributed by atoms with Crippen LogP contribution in [0.4, 0.5) is 4.39 Å². The van der Waals surface area contributed by atoms with E-state index >= 15 is 0 Å². The molecule has 4 aromatic rings. The van der Waals surface area contributed by atoms with Crippen LogP contribution in [-0.2, 0) is 6.54 Å². The van der Waals surface area contributed by atoms with Gasteiger partial charge in [-0.3, -0.25) is 9.48 Å². The van der Waals surface area contributed by atoms with Gasteiger partial charge in [-0.15, -0.1) is 5.10 Å². The number of nitrogens with one attached hydrogen (secondary N) is 1. The van der Waals surface area contributed by atoms with E-state index < -0.39 is 0 Å². The van der Waals surface area contributed by atoms with Crippen LogP contribution in [0.5, 0.6) is 0 Å².